The maximum Gasteiger partial charge on any atom is 0.0973 e. The lowest BCUT2D eigenvalue weighted by molar-refractivity contribution is 1.17. The molecule has 0 N–H and O–H groups in total. The number of aryl methyl sites for hydroxylation is 1. The van der Waals surface area contributed by atoms with Crippen molar-refractivity contribution in [2.45, 2.75) is 6.92 Å². The Hall–Kier alpha value is -7.30. The van der Waals surface area contributed by atoms with Crippen molar-refractivity contribution >= 4 is 49.9 Å². The first-order valence-corrected chi connectivity index (χ1v) is 18.7. The summed E-state index contributed by atoms with van der Waals surface area (Å²) in [5.41, 5.74) is 16.0. The van der Waals surface area contributed by atoms with Crippen LogP contribution in [0, 0.1) is 6.92 Å². The van der Waals surface area contributed by atoms with Gasteiger partial charge in [0.2, 0.25) is 0 Å². The fraction of sp³-hybridized carbons (Fsp3) is 0.0196. The Labute approximate surface area is 320 Å². The molecule has 260 valence electrons. The van der Waals surface area contributed by atoms with Gasteiger partial charge in [0, 0.05) is 44.6 Å². The minimum atomic E-state index is 0.867. The lowest BCUT2D eigenvalue weighted by Gasteiger charge is -2.26. The van der Waals surface area contributed by atoms with Crippen molar-refractivity contribution < 1.29 is 0 Å². The smallest absolute Gasteiger partial charge is 0.0973 e. The SMILES string of the molecule is Cc1ccc(-n2c3ccccc3c3cc(-c4ccc(N(c5ccccc5)c5ccc(-c6nc7ccccc7nc6-c6ccccc6)cc5)cc4)ccc32)cc1. The Balaban J connectivity index is 1.02. The van der Waals surface area contributed by atoms with Crippen molar-refractivity contribution in [3.63, 3.8) is 0 Å². The summed E-state index contributed by atoms with van der Waals surface area (Å²) in [5, 5.41) is 2.50. The van der Waals surface area contributed by atoms with Crippen LogP contribution in [-0.4, -0.2) is 14.5 Å². The maximum atomic E-state index is 5.13. The van der Waals surface area contributed by atoms with E-state index in [0.717, 1.165) is 50.6 Å². The zero-order valence-corrected chi connectivity index (χ0v) is 30.3. The van der Waals surface area contributed by atoms with Gasteiger partial charge >= 0.3 is 0 Å². The second-order valence-electron chi connectivity index (χ2n) is 14.0. The Morgan fingerprint density at radius 2 is 0.873 bits per heavy atom. The van der Waals surface area contributed by atoms with Gasteiger partial charge in [0.15, 0.2) is 0 Å². The minimum Gasteiger partial charge on any atom is -0.311 e. The van der Waals surface area contributed by atoms with Gasteiger partial charge in [-0.05, 0) is 96.9 Å². The molecule has 0 saturated carbocycles. The molecule has 0 aliphatic heterocycles. The van der Waals surface area contributed by atoms with Crippen LogP contribution in [0.5, 0.6) is 0 Å². The number of hydrogen-bond donors (Lipinski definition) is 0. The van der Waals surface area contributed by atoms with Crippen molar-refractivity contribution in [1.82, 2.24) is 14.5 Å². The number of benzene rings is 8. The molecule has 0 fully saturated rings. The first kappa shape index (κ1) is 32.4. The molecular weight excluding hydrogens is 669 g/mol. The van der Waals surface area contributed by atoms with Crippen molar-refractivity contribution in [2.24, 2.45) is 0 Å². The summed E-state index contributed by atoms with van der Waals surface area (Å²) < 4.78 is 2.37. The van der Waals surface area contributed by atoms with Crippen LogP contribution in [0.3, 0.4) is 0 Å². The second-order valence-corrected chi connectivity index (χ2v) is 14.0. The molecule has 4 heteroatoms. The lowest BCUT2D eigenvalue weighted by Crippen LogP contribution is -2.09. The number of nitrogens with zero attached hydrogens (tertiary/aromatic N) is 4. The summed E-state index contributed by atoms with van der Waals surface area (Å²) in [5.74, 6) is 0. The standard InChI is InChI=1S/C51H36N4/c1-35-20-27-43(28-21-35)55-48-19-11-8-16-44(48)45-34-39(26-33-49(45)55)36-22-29-41(30-23-36)54(40-14-6-3-7-15-40)42-31-24-38(25-32-42)51-50(37-12-4-2-5-13-37)52-46-17-9-10-18-47(46)53-51/h2-34H,1H3. The van der Waals surface area contributed by atoms with Gasteiger partial charge in [-0.2, -0.15) is 0 Å². The van der Waals surface area contributed by atoms with Crippen molar-refractivity contribution in [2.75, 3.05) is 4.90 Å². The van der Waals surface area contributed by atoms with Gasteiger partial charge in [-0.15, -0.1) is 0 Å². The van der Waals surface area contributed by atoms with E-state index in [1.807, 2.05) is 42.5 Å². The molecule has 10 rings (SSSR count). The van der Waals surface area contributed by atoms with Gasteiger partial charge in [-0.3, -0.25) is 0 Å². The van der Waals surface area contributed by atoms with Crippen LogP contribution in [0.4, 0.5) is 17.1 Å². The predicted octanol–water partition coefficient (Wildman–Crippen LogP) is 13.5. The molecule has 0 saturated heterocycles. The Morgan fingerprint density at radius 1 is 0.382 bits per heavy atom. The van der Waals surface area contributed by atoms with Crippen LogP contribution in [0.25, 0.3) is 72.2 Å². The summed E-state index contributed by atoms with van der Waals surface area (Å²) in [6, 6.07) is 70.8. The van der Waals surface area contributed by atoms with Crippen LogP contribution in [0.1, 0.15) is 5.56 Å². The molecule has 0 atom stereocenters. The van der Waals surface area contributed by atoms with Crippen molar-refractivity contribution in [3.8, 4) is 39.3 Å². The van der Waals surface area contributed by atoms with E-state index in [4.69, 9.17) is 9.97 Å². The quantitative estimate of drug-likeness (QED) is 0.166. The van der Waals surface area contributed by atoms with E-state index in [9.17, 15) is 0 Å². The van der Waals surface area contributed by atoms with Gasteiger partial charge in [0.25, 0.3) is 0 Å². The summed E-state index contributed by atoms with van der Waals surface area (Å²) >= 11 is 0. The van der Waals surface area contributed by atoms with E-state index >= 15 is 0 Å². The minimum absolute atomic E-state index is 0.867. The van der Waals surface area contributed by atoms with Crippen LogP contribution in [0.15, 0.2) is 200 Å². The molecule has 2 heterocycles. The molecule has 0 aliphatic carbocycles. The molecule has 0 amide bonds. The van der Waals surface area contributed by atoms with Crippen LogP contribution in [0.2, 0.25) is 0 Å². The fourth-order valence-corrected chi connectivity index (χ4v) is 7.72. The van der Waals surface area contributed by atoms with Gasteiger partial charge in [0.05, 0.1) is 33.5 Å². The van der Waals surface area contributed by atoms with Crippen molar-refractivity contribution in [1.29, 1.82) is 0 Å². The highest BCUT2D eigenvalue weighted by atomic mass is 15.1. The largest absolute Gasteiger partial charge is 0.311 e. The van der Waals surface area contributed by atoms with E-state index in [1.54, 1.807) is 0 Å². The maximum absolute atomic E-state index is 5.13. The molecule has 0 unspecified atom stereocenters. The van der Waals surface area contributed by atoms with Gasteiger partial charge in [-0.25, -0.2) is 9.97 Å². The molecule has 4 nitrogen and oxygen atoms in total. The number of rotatable bonds is 7. The van der Waals surface area contributed by atoms with E-state index in [1.165, 1.54) is 44.2 Å². The summed E-state index contributed by atoms with van der Waals surface area (Å²) in [6.45, 7) is 2.13. The zero-order valence-electron chi connectivity index (χ0n) is 30.3. The summed E-state index contributed by atoms with van der Waals surface area (Å²) in [4.78, 5) is 12.5. The number of hydrogen-bond acceptors (Lipinski definition) is 3. The number of fused-ring (bicyclic) bond motifs is 4. The van der Waals surface area contributed by atoms with Crippen LogP contribution < -0.4 is 4.90 Å². The fourth-order valence-electron chi connectivity index (χ4n) is 7.72. The third kappa shape index (κ3) is 5.91. The first-order chi connectivity index (χ1) is 27.2. The predicted molar refractivity (Wildman–Crippen MR) is 230 cm³/mol. The average molecular weight is 705 g/mol. The molecule has 0 radical (unpaired) electrons. The molecule has 10 aromatic rings. The van der Waals surface area contributed by atoms with Crippen LogP contribution >= 0.6 is 0 Å². The van der Waals surface area contributed by atoms with E-state index < -0.39 is 0 Å². The Kier molecular flexibility index (Phi) is 8.00. The summed E-state index contributed by atoms with van der Waals surface area (Å²) in [7, 11) is 0. The average Bonchev–Trinajstić information content (AvgIpc) is 3.58. The number of para-hydroxylation sites is 4. The molecule has 8 aromatic carbocycles. The van der Waals surface area contributed by atoms with Gasteiger partial charge < -0.3 is 9.47 Å². The molecular formula is C51H36N4. The molecule has 0 aliphatic rings. The van der Waals surface area contributed by atoms with Gasteiger partial charge in [-0.1, -0.05) is 127 Å². The molecule has 55 heavy (non-hydrogen) atoms. The topological polar surface area (TPSA) is 34.0 Å². The van der Waals surface area contributed by atoms with Crippen molar-refractivity contribution in [3.05, 3.63) is 206 Å². The second kappa shape index (κ2) is 13.6. The highest BCUT2D eigenvalue weighted by molar-refractivity contribution is 6.10. The highest BCUT2D eigenvalue weighted by Gasteiger charge is 2.17. The molecule has 0 spiro atoms. The third-order valence-electron chi connectivity index (χ3n) is 10.5. The summed E-state index contributed by atoms with van der Waals surface area (Å²) in [6.07, 6.45) is 0. The monoisotopic (exact) mass is 704 g/mol. The molecule has 0 bridgehead atoms. The first-order valence-electron chi connectivity index (χ1n) is 18.7. The Bertz CT molecular complexity index is 2950. The number of aromatic nitrogens is 3. The van der Waals surface area contributed by atoms with Gasteiger partial charge in [0.1, 0.15) is 0 Å². The third-order valence-corrected chi connectivity index (χ3v) is 10.5. The van der Waals surface area contributed by atoms with E-state index in [-0.39, 0.29) is 0 Å². The zero-order chi connectivity index (χ0) is 36.7. The van der Waals surface area contributed by atoms with E-state index in [0.29, 0.717) is 0 Å². The molecule has 2 aromatic heterocycles. The Morgan fingerprint density at radius 3 is 1.53 bits per heavy atom. The highest BCUT2D eigenvalue weighted by Crippen LogP contribution is 2.39. The normalized spacial score (nSPS) is 11.4. The van der Waals surface area contributed by atoms with E-state index in [2.05, 4.69) is 174 Å². The number of anilines is 3. The van der Waals surface area contributed by atoms with Crippen LogP contribution in [-0.2, 0) is 0 Å². The lowest BCUT2D eigenvalue weighted by atomic mass is 10.0.